The number of hydrogen-bond acceptors (Lipinski definition) is 6. The predicted molar refractivity (Wildman–Crippen MR) is 118 cm³/mol. The van der Waals surface area contributed by atoms with E-state index in [1.54, 1.807) is 19.2 Å². The Hall–Kier alpha value is -1.57. The minimum absolute atomic E-state index is 0.0926. The van der Waals surface area contributed by atoms with Gasteiger partial charge in [0.25, 0.3) is 0 Å². The van der Waals surface area contributed by atoms with E-state index in [0.717, 1.165) is 10.7 Å². The van der Waals surface area contributed by atoms with Gasteiger partial charge in [0, 0.05) is 29.2 Å². The highest BCUT2D eigenvalue weighted by Gasteiger charge is 2.74. The van der Waals surface area contributed by atoms with Crippen molar-refractivity contribution in [2.75, 3.05) is 12.4 Å². The van der Waals surface area contributed by atoms with Crippen LogP contribution in [0.15, 0.2) is 29.2 Å². The molecule has 3 fully saturated rings. The number of carbonyl (C=O) groups is 1. The Morgan fingerprint density at radius 1 is 1.32 bits per heavy atom. The third-order valence-corrected chi connectivity index (χ3v) is 10.2. The molecule has 1 aromatic rings. The molecule has 0 radical (unpaired) electrons. The van der Waals surface area contributed by atoms with Crippen LogP contribution in [0, 0.1) is 28.6 Å². The molecular formula is C24H31FN2O3S. The van der Waals surface area contributed by atoms with Crippen LogP contribution >= 0.6 is 11.3 Å². The molecule has 8 atom stereocenters. The Morgan fingerprint density at radius 2 is 2.06 bits per heavy atom. The van der Waals surface area contributed by atoms with Crippen LogP contribution in [0.4, 0.5) is 9.52 Å². The summed E-state index contributed by atoms with van der Waals surface area (Å²) in [6.07, 6.45) is 5.46. The van der Waals surface area contributed by atoms with E-state index < -0.39 is 34.1 Å². The van der Waals surface area contributed by atoms with Gasteiger partial charge < -0.3 is 15.5 Å². The highest BCUT2D eigenvalue weighted by atomic mass is 32.1. The third kappa shape index (κ3) is 2.38. The first-order valence-electron chi connectivity index (χ1n) is 11.2. The highest BCUT2D eigenvalue weighted by Crippen LogP contribution is 2.72. The molecule has 5 nitrogen and oxygen atoms in total. The minimum atomic E-state index is -1.87. The number of aliphatic hydroxyl groups excluding tert-OH is 1. The van der Waals surface area contributed by atoms with Crippen molar-refractivity contribution in [1.82, 2.24) is 4.98 Å². The molecule has 7 heteroatoms. The third-order valence-electron chi connectivity index (χ3n) is 9.33. The zero-order valence-electron chi connectivity index (χ0n) is 18.5. The van der Waals surface area contributed by atoms with Crippen molar-refractivity contribution >= 4 is 22.3 Å². The van der Waals surface area contributed by atoms with Crippen LogP contribution in [-0.4, -0.2) is 39.8 Å². The Labute approximate surface area is 186 Å². The average molecular weight is 447 g/mol. The van der Waals surface area contributed by atoms with Gasteiger partial charge in [-0.2, -0.15) is 0 Å². The summed E-state index contributed by atoms with van der Waals surface area (Å²) in [4.78, 5) is 16.6. The van der Waals surface area contributed by atoms with Gasteiger partial charge in [0.2, 0.25) is 0 Å². The number of fused-ring (bicyclic) bond motifs is 5. The molecule has 0 unspecified atom stereocenters. The largest absolute Gasteiger partial charge is 0.390 e. The molecule has 1 aromatic heterocycles. The molecule has 3 saturated carbocycles. The number of thiazole rings is 1. The Balaban J connectivity index is 1.62. The molecule has 31 heavy (non-hydrogen) atoms. The lowest BCUT2D eigenvalue weighted by Gasteiger charge is -2.62. The molecule has 0 spiro atoms. The summed E-state index contributed by atoms with van der Waals surface area (Å²) in [5.74, 6) is -0.723. The molecule has 5 rings (SSSR count). The fourth-order valence-corrected chi connectivity index (χ4v) is 8.38. The first kappa shape index (κ1) is 21.3. The second-order valence-electron chi connectivity index (χ2n) is 10.5. The van der Waals surface area contributed by atoms with Crippen molar-refractivity contribution in [3.63, 3.8) is 0 Å². The van der Waals surface area contributed by atoms with Crippen LogP contribution in [0.2, 0.25) is 0 Å². The SMILES string of the molecule is CNc1nc([C@@]2(O)[C@H](C)C[C@H]3[C@@H]4CCC5=CC(=O)C=C[C@]5(C)[C@@]4(F)[C@@H](O)C[C@@]32C)cs1. The normalized spacial score (nSPS) is 48.6. The maximum atomic E-state index is 17.1. The summed E-state index contributed by atoms with van der Waals surface area (Å²) in [6.45, 7) is 5.85. The van der Waals surface area contributed by atoms with Crippen LogP contribution in [0.3, 0.4) is 0 Å². The highest BCUT2D eigenvalue weighted by molar-refractivity contribution is 7.13. The number of nitrogens with one attached hydrogen (secondary N) is 1. The molecule has 0 saturated heterocycles. The average Bonchev–Trinajstić information content (AvgIpc) is 3.28. The van der Waals surface area contributed by atoms with Crippen LogP contribution in [0.1, 0.15) is 52.1 Å². The van der Waals surface area contributed by atoms with Crippen molar-refractivity contribution < 1.29 is 19.4 Å². The summed E-state index contributed by atoms with van der Waals surface area (Å²) in [5.41, 5.74) is -3.42. The number of aromatic nitrogens is 1. The van der Waals surface area contributed by atoms with E-state index in [9.17, 15) is 15.0 Å². The summed E-state index contributed by atoms with van der Waals surface area (Å²) in [7, 11) is 1.80. The number of hydrogen-bond donors (Lipinski definition) is 3. The zero-order valence-corrected chi connectivity index (χ0v) is 19.3. The fourth-order valence-electron chi connectivity index (χ4n) is 7.66. The van der Waals surface area contributed by atoms with Gasteiger partial charge in [0.1, 0.15) is 5.60 Å². The quantitative estimate of drug-likeness (QED) is 0.640. The van der Waals surface area contributed by atoms with Crippen molar-refractivity contribution in [2.45, 2.75) is 63.8 Å². The van der Waals surface area contributed by atoms with Gasteiger partial charge in [-0.3, -0.25) is 4.79 Å². The second kappa shape index (κ2) is 6.49. The molecule has 4 aliphatic carbocycles. The standard InChI is InChI=1S/C24H31FN2O3S/c1-13-9-17-16-6-5-14-10-15(28)7-8-21(14,2)23(16,25)19(29)11-22(17,3)24(13,30)18-12-31-20(26-4)27-18/h7-8,10,12-13,16-17,19,29-30H,5-6,9,11H2,1-4H3,(H,26,27)/t13-,16+,17+,19+,21+,22+,23+,24+/m1/s1. The van der Waals surface area contributed by atoms with Crippen molar-refractivity contribution in [3.05, 3.63) is 34.9 Å². The van der Waals surface area contributed by atoms with Crippen molar-refractivity contribution in [3.8, 4) is 0 Å². The molecule has 1 heterocycles. The van der Waals surface area contributed by atoms with E-state index in [0.29, 0.717) is 25.0 Å². The van der Waals surface area contributed by atoms with Gasteiger partial charge >= 0.3 is 0 Å². The van der Waals surface area contributed by atoms with Gasteiger partial charge in [0.05, 0.1) is 11.8 Å². The van der Waals surface area contributed by atoms with Crippen LogP contribution < -0.4 is 5.32 Å². The predicted octanol–water partition coefficient (Wildman–Crippen LogP) is 3.99. The van der Waals surface area contributed by atoms with E-state index in [-0.39, 0.29) is 24.0 Å². The maximum absolute atomic E-state index is 17.1. The van der Waals surface area contributed by atoms with Gasteiger partial charge in [-0.05, 0) is 56.6 Å². The lowest BCUT2D eigenvalue weighted by atomic mass is 9.44. The molecular weight excluding hydrogens is 415 g/mol. The Kier molecular flexibility index (Phi) is 4.45. The first-order valence-corrected chi connectivity index (χ1v) is 12.1. The van der Waals surface area contributed by atoms with Gasteiger partial charge in [0.15, 0.2) is 16.6 Å². The lowest BCUT2D eigenvalue weighted by Crippen LogP contribution is -2.68. The van der Waals surface area contributed by atoms with Gasteiger partial charge in [-0.15, -0.1) is 11.3 Å². The topological polar surface area (TPSA) is 82.5 Å². The molecule has 3 N–H and O–H groups in total. The molecule has 0 bridgehead atoms. The van der Waals surface area contributed by atoms with Crippen LogP contribution in [0.25, 0.3) is 0 Å². The number of anilines is 1. The minimum Gasteiger partial charge on any atom is -0.390 e. The molecule has 4 aliphatic rings. The Bertz CT molecular complexity index is 1010. The van der Waals surface area contributed by atoms with Crippen molar-refractivity contribution in [1.29, 1.82) is 0 Å². The number of carbonyl (C=O) groups excluding carboxylic acids is 1. The van der Waals surface area contributed by atoms with Crippen molar-refractivity contribution in [2.24, 2.45) is 28.6 Å². The number of aliphatic hydroxyl groups is 2. The van der Waals surface area contributed by atoms with Gasteiger partial charge in [-0.1, -0.05) is 25.5 Å². The number of rotatable bonds is 2. The summed E-state index contributed by atoms with van der Waals surface area (Å²) < 4.78 is 17.1. The lowest BCUT2D eigenvalue weighted by molar-refractivity contribution is -0.223. The zero-order chi connectivity index (χ0) is 22.4. The van der Waals surface area contributed by atoms with Crippen LogP contribution in [-0.2, 0) is 10.4 Å². The van der Waals surface area contributed by atoms with E-state index in [1.165, 1.54) is 17.4 Å². The van der Waals surface area contributed by atoms with E-state index in [4.69, 9.17) is 0 Å². The number of alkyl halides is 1. The fraction of sp³-hybridized carbons (Fsp3) is 0.667. The summed E-state index contributed by atoms with van der Waals surface area (Å²) in [6, 6.07) is 0. The van der Waals surface area contributed by atoms with E-state index in [2.05, 4.69) is 10.3 Å². The van der Waals surface area contributed by atoms with Gasteiger partial charge in [-0.25, -0.2) is 9.37 Å². The summed E-state index contributed by atoms with van der Waals surface area (Å²) in [5, 5.41) is 29.2. The molecule has 0 amide bonds. The van der Waals surface area contributed by atoms with E-state index >= 15 is 4.39 Å². The first-order chi connectivity index (χ1) is 14.5. The van der Waals surface area contributed by atoms with E-state index in [1.807, 2.05) is 26.2 Å². The second-order valence-corrected chi connectivity index (χ2v) is 11.3. The number of halogens is 1. The molecule has 168 valence electrons. The Morgan fingerprint density at radius 3 is 2.74 bits per heavy atom. The smallest absolute Gasteiger partial charge is 0.182 e. The number of nitrogens with zero attached hydrogens (tertiary/aromatic N) is 1. The number of ketones is 1. The van der Waals surface area contributed by atoms with Crippen LogP contribution in [0.5, 0.6) is 0 Å². The molecule has 0 aliphatic heterocycles. The number of allylic oxidation sites excluding steroid dienone is 4. The maximum Gasteiger partial charge on any atom is 0.182 e. The monoisotopic (exact) mass is 446 g/mol. The molecule has 0 aromatic carbocycles. The summed E-state index contributed by atoms with van der Waals surface area (Å²) >= 11 is 1.44.